The summed E-state index contributed by atoms with van der Waals surface area (Å²) >= 11 is 0. The van der Waals surface area contributed by atoms with Gasteiger partial charge in [-0.1, -0.05) is 30.3 Å². The average molecular weight is 477 g/mol. The summed E-state index contributed by atoms with van der Waals surface area (Å²) in [6.45, 7) is 10.3. The Morgan fingerprint density at radius 2 is 1.88 bits per heavy atom. The van der Waals surface area contributed by atoms with E-state index in [0.29, 0.717) is 26.0 Å². The summed E-state index contributed by atoms with van der Waals surface area (Å²) in [4.78, 5) is 52.1. The lowest BCUT2D eigenvalue weighted by atomic mass is 10.0. The monoisotopic (exact) mass is 476 g/mol. The average Bonchev–Trinajstić information content (AvgIpc) is 3.00. The standard InChI is InChI=1S/C24H36N4O6/c1-17(2)26(23(31)34-24(3,4)5)13-14-32-25-21(29)20-12-11-19-15-27(20)22(30)28(19)33-16-18-9-7-6-8-10-18/h6-10,17,19-20H,11-16H2,1-5H3,(H,25,29)/t19-,20+/m1/s1. The van der Waals surface area contributed by atoms with Crippen molar-refractivity contribution in [2.75, 3.05) is 19.7 Å². The molecule has 2 saturated heterocycles. The molecular formula is C24H36N4O6. The summed E-state index contributed by atoms with van der Waals surface area (Å²) < 4.78 is 5.42. The molecule has 0 spiro atoms. The van der Waals surface area contributed by atoms with Crippen LogP contribution in [0.5, 0.6) is 0 Å². The fraction of sp³-hybridized carbons (Fsp3) is 0.625. The van der Waals surface area contributed by atoms with Gasteiger partial charge in [-0.05, 0) is 53.0 Å². The van der Waals surface area contributed by atoms with Gasteiger partial charge in [-0.2, -0.15) is 5.06 Å². The number of amides is 4. The van der Waals surface area contributed by atoms with E-state index in [1.165, 1.54) is 14.9 Å². The van der Waals surface area contributed by atoms with E-state index in [1.54, 1.807) is 0 Å². The fourth-order valence-corrected chi connectivity index (χ4v) is 4.00. The molecule has 2 aliphatic rings. The summed E-state index contributed by atoms with van der Waals surface area (Å²) in [7, 11) is 0. The minimum Gasteiger partial charge on any atom is -0.444 e. The van der Waals surface area contributed by atoms with Crippen LogP contribution in [0.4, 0.5) is 9.59 Å². The van der Waals surface area contributed by atoms with Crippen molar-refractivity contribution in [1.29, 1.82) is 0 Å². The normalized spacial score (nSPS) is 20.0. The second kappa shape index (κ2) is 11.1. The maximum absolute atomic E-state index is 12.9. The molecule has 1 aromatic carbocycles. The van der Waals surface area contributed by atoms with E-state index >= 15 is 0 Å². The molecule has 2 bridgehead atoms. The van der Waals surface area contributed by atoms with Gasteiger partial charge in [0.2, 0.25) is 0 Å². The predicted molar refractivity (Wildman–Crippen MR) is 124 cm³/mol. The smallest absolute Gasteiger partial charge is 0.410 e. The largest absolute Gasteiger partial charge is 0.444 e. The van der Waals surface area contributed by atoms with E-state index in [2.05, 4.69) is 5.48 Å². The van der Waals surface area contributed by atoms with Gasteiger partial charge < -0.3 is 14.5 Å². The first-order valence-corrected chi connectivity index (χ1v) is 11.7. The zero-order valence-corrected chi connectivity index (χ0v) is 20.7. The lowest BCUT2D eigenvalue weighted by Crippen LogP contribution is -2.50. The molecule has 4 amide bonds. The van der Waals surface area contributed by atoms with Crippen molar-refractivity contribution >= 4 is 18.0 Å². The zero-order valence-electron chi connectivity index (χ0n) is 20.7. The molecule has 0 radical (unpaired) electrons. The zero-order chi connectivity index (χ0) is 24.9. The first-order chi connectivity index (χ1) is 16.1. The van der Waals surface area contributed by atoms with Gasteiger partial charge in [0.25, 0.3) is 5.91 Å². The van der Waals surface area contributed by atoms with Gasteiger partial charge >= 0.3 is 12.1 Å². The Morgan fingerprint density at radius 1 is 1.18 bits per heavy atom. The number of piperidine rings is 1. The first-order valence-electron chi connectivity index (χ1n) is 11.7. The van der Waals surface area contributed by atoms with Gasteiger partial charge in [-0.15, -0.1) is 0 Å². The number of fused-ring (bicyclic) bond motifs is 2. The quantitative estimate of drug-likeness (QED) is 0.434. The highest BCUT2D eigenvalue weighted by Gasteiger charge is 2.48. The Bertz CT molecular complexity index is 857. The van der Waals surface area contributed by atoms with Crippen molar-refractivity contribution in [3.63, 3.8) is 0 Å². The third-order valence-corrected chi connectivity index (χ3v) is 5.70. The van der Waals surface area contributed by atoms with Crippen LogP contribution in [0, 0.1) is 0 Å². The molecule has 34 heavy (non-hydrogen) atoms. The molecule has 2 fully saturated rings. The SMILES string of the molecule is CC(C)N(CCONC(=O)[C@@H]1CC[C@@H]2CN1C(=O)N2OCc1ccccc1)C(=O)OC(C)(C)C. The topological polar surface area (TPSA) is 101 Å². The number of urea groups is 1. The molecule has 10 heteroatoms. The molecule has 0 saturated carbocycles. The Balaban J connectivity index is 1.46. The second-order valence-corrected chi connectivity index (χ2v) is 9.85. The minimum atomic E-state index is -0.624. The predicted octanol–water partition coefficient (Wildman–Crippen LogP) is 3.08. The summed E-state index contributed by atoms with van der Waals surface area (Å²) in [6.07, 6.45) is 0.746. The third kappa shape index (κ3) is 6.60. The maximum Gasteiger partial charge on any atom is 0.410 e. The van der Waals surface area contributed by atoms with Crippen molar-refractivity contribution in [2.45, 2.75) is 77.8 Å². The molecule has 0 aromatic heterocycles. The molecule has 3 rings (SSSR count). The molecule has 2 atom stereocenters. The molecule has 1 N–H and O–H groups in total. The number of hydrogen-bond acceptors (Lipinski definition) is 6. The summed E-state index contributed by atoms with van der Waals surface area (Å²) in [5, 5.41) is 1.39. The van der Waals surface area contributed by atoms with Crippen molar-refractivity contribution in [3.05, 3.63) is 35.9 Å². The maximum atomic E-state index is 12.9. The van der Waals surface area contributed by atoms with Crippen LogP contribution in [-0.2, 0) is 25.8 Å². The van der Waals surface area contributed by atoms with Gasteiger partial charge in [0.05, 0.1) is 19.2 Å². The van der Waals surface area contributed by atoms with E-state index < -0.39 is 17.7 Å². The molecule has 0 aliphatic carbocycles. The van der Waals surface area contributed by atoms with Gasteiger partial charge in [0.15, 0.2) is 0 Å². The highest BCUT2D eigenvalue weighted by Crippen LogP contribution is 2.30. The van der Waals surface area contributed by atoms with Gasteiger partial charge in [-0.25, -0.2) is 15.1 Å². The van der Waals surface area contributed by atoms with E-state index in [9.17, 15) is 14.4 Å². The Morgan fingerprint density at radius 3 is 2.53 bits per heavy atom. The van der Waals surface area contributed by atoms with Crippen LogP contribution >= 0.6 is 0 Å². The second-order valence-electron chi connectivity index (χ2n) is 9.85. The van der Waals surface area contributed by atoms with Crippen LogP contribution in [0.1, 0.15) is 53.0 Å². The highest BCUT2D eigenvalue weighted by atomic mass is 16.7. The number of hydroxylamine groups is 3. The van der Waals surface area contributed by atoms with E-state index in [4.69, 9.17) is 14.4 Å². The van der Waals surface area contributed by atoms with Crippen molar-refractivity contribution in [3.8, 4) is 0 Å². The Hall–Kier alpha value is -2.85. The van der Waals surface area contributed by atoms with Crippen LogP contribution in [0.15, 0.2) is 30.3 Å². The number of carbonyl (C=O) groups excluding carboxylic acids is 3. The van der Waals surface area contributed by atoms with Crippen LogP contribution in [0.25, 0.3) is 0 Å². The van der Waals surface area contributed by atoms with E-state index in [0.717, 1.165) is 5.56 Å². The first kappa shape index (κ1) is 25.8. The van der Waals surface area contributed by atoms with Crippen LogP contribution in [-0.4, -0.2) is 76.3 Å². The third-order valence-electron chi connectivity index (χ3n) is 5.70. The number of nitrogens with one attached hydrogen (secondary N) is 1. The van der Waals surface area contributed by atoms with Gasteiger partial charge in [-0.3, -0.25) is 14.5 Å². The molecule has 10 nitrogen and oxygen atoms in total. The van der Waals surface area contributed by atoms with Crippen molar-refractivity contribution < 1.29 is 28.8 Å². The molecule has 2 aliphatic heterocycles. The van der Waals surface area contributed by atoms with Crippen LogP contribution in [0.2, 0.25) is 0 Å². The lowest BCUT2D eigenvalue weighted by molar-refractivity contribution is -0.141. The number of hydrogen-bond donors (Lipinski definition) is 1. The number of carbonyl (C=O) groups is 3. The minimum absolute atomic E-state index is 0.0744. The molecule has 1 aromatic rings. The van der Waals surface area contributed by atoms with E-state index in [-0.39, 0.29) is 37.2 Å². The summed E-state index contributed by atoms with van der Waals surface area (Å²) in [5.41, 5.74) is 2.81. The summed E-state index contributed by atoms with van der Waals surface area (Å²) in [5.74, 6) is -0.384. The van der Waals surface area contributed by atoms with E-state index in [1.807, 2.05) is 65.0 Å². The van der Waals surface area contributed by atoms with Gasteiger partial charge in [0.1, 0.15) is 18.2 Å². The number of rotatable bonds is 9. The van der Waals surface area contributed by atoms with Crippen molar-refractivity contribution in [2.24, 2.45) is 0 Å². The van der Waals surface area contributed by atoms with Gasteiger partial charge in [0, 0.05) is 12.6 Å². The molecular weight excluding hydrogens is 440 g/mol. The molecule has 2 heterocycles. The summed E-state index contributed by atoms with van der Waals surface area (Å²) in [6, 6.07) is 8.53. The highest BCUT2D eigenvalue weighted by molar-refractivity contribution is 5.88. The number of ether oxygens (including phenoxy) is 1. The fourth-order valence-electron chi connectivity index (χ4n) is 4.00. The number of nitrogens with zero attached hydrogens (tertiary/aromatic N) is 3. The Kier molecular flexibility index (Phi) is 8.37. The van der Waals surface area contributed by atoms with Crippen molar-refractivity contribution in [1.82, 2.24) is 20.3 Å². The molecule has 0 unspecified atom stereocenters. The molecule has 188 valence electrons. The van der Waals surface area contributed by atoms with Crippen LogP contribution in [0.3, 0.4) is 0 Å². The van der Waals surface area contributed by atoms with Crippen LogP contribution < -0.4 is 5.48 Å². The lowest BCUT2D eigenvalue weighted by Gasteiger charge is -2.30. The Labute approximate surface area is 201 Å². The number of benzene rings is 1.